The van der Waals surface area contributed by atoms with Crippen molar-refractivity contribution in [2.75, 3.05) is 26.4 Å². The lowest BCUT2D eigenvalue weighted by Crippen LogP contribution is -2.54. The number of halogens is 1. The van der Waals surface area contributed by atoms with Gasteiger partial charge in [0.1, 0.15) is 6.67 Å². The molecule has 0 unspecified atom stereocenters. The molecule has 0 N–H and O–H groups in total. The lowest BCUT2D eigenvalue weighted by Gasteiger charge is -2.38. The number of benzene rings is 1. The van der Waals surface area contributed by atoms with E-state index in [-0.39, 0.29) is 18.6 Å². The van der Waals surface area contributed by atoms with Gasteiger partial charge in [-0.3, -0.25) is 4.79 Å². The summed E-state index contributed by atoms with van der Waals surface area (Å²) >= 11 is 1.61. The number of rotatable bonds is 5. The highest BCUT2D eigenvalue weighted by molar-refractivity contribution is 7.09. The molecule has 2 aromatic rings. The van der Waals surface area contributed by atoms with Crippen LogP contribution in [0.25, 0.3) is 11.3 Å². The average Bonchev–Trinajstić information content (AvgIpc) is 2.92. The van der Waals surface area contributed by atoms with Gasteiger partial charge < -0.3 is 9.64 Å². The van der Waals surface area contributed by atoms with Crippen molar-refractivity contribution in [2.45, 2.75) is 13.0 Å². The van der Waals surface area contributed by atoms with Crippen LogP contribution in [0.2, 0.25) is 0 Å². The summed E-state index contributed by atoms with van der Waals surface area (Å²) in [5.41, 5.74) is 2.60. The smallest absolute Gasteiger partial charge is 0.254 e. The van der Waals surface area contributed by atoms with Gasteiger partial charge in [-0.1, -0.05) is 12.1 Å². The Morgan fingerprint density at radius 2 is 2.14 bits per heavy atom. The summed E-state index contributed by atoms with van der Waals surface area (Å²) < 4.78 is 17.3. The van der Waals surface area contributed by atoms with Crippen LogP contribution >= 0.6 is 11.3 Å². The van der Waals surface area contributed by atoms with Crippen molar-refractivity contribution in [3.05, 3.63) is 40.2 Å². The molecular weight excluding hydrogens is 303 g/mol. The second kappa shape index (κ2) is 6.54. The molecule has 6 heteroatoms. The molecule has 0 spiro atoms. The van der Waals surface area contributed by atoms with Gasteiger partial charge in [0.25, 0.3) is 5.91 Å². The first-order valence-electron chi connectivity index (χ1n) is 7.17. The monoisotopic (exact) mass is 320 g/mol. The lowest BCUT2D eigenvalue weighted by molar-refractivity contribution is -0.0456. The van der Waals surface area contributed by atoms with Crippen LogP contribution in [0.4, 0.5) is 4.39 Å². The number of carbonyl (C=O) groups excluding carboxylic acids is 1. The molecule has 0 aliphatic carbocycles. The maximum absolute atomic E-state index is 12.3. The third kappa shape index (κ3) is 3.18. The molecular formula is C16H17FN2O2S. The maximum Gasteiger partial charge on any atom is 0.254 e. The number of ether oxygens (including phenoxy) is 1. The quantitative estimate of drug-likeness (QED) is 0.851. The molecule has 1 amide bonds. The fraction of sp³-hybridized carbons (Fsp3) is 0.375. The van der Waals surface area contributed by atoms with E-state index in [2.05, 4.69) is 4.98 Å². The minimum Gasteiger partial charge on any atom is -0.372 e. The lowest BCUT2D eigenvalue weighted by atomic mass is 10.1. The van der Waals surface area contributed by atoms with Gasteiger partial charge in [-0.25, -0.2) is 9.37 Å². The number of hydrogen-bond acceptors (Lipinski definition) is 4. The molecule has 4 nitrogen and oxygen atoms in total. The average molecular weight is 320 g/mol. The van der Waals surface area contributed by atoms with Crippen LogP contribution < -0.4 is 0 Å². The zero-order valence-corrected chi connectivity index (χ0v) is 13.1. The number of aryl methyl sites for hydroxylation is 1. The van der Waals surface area contributed by atoms with Crippen LogP contribution in [0, 0.1) is 6.92 Å². The van der Waals surface area contributed by atoms with Crippen molar-refractivity contribution in [3.8, 4) is 11.3 Å². The molecule has 1 aliphatic rings. The molecule has 0 atom stereocenters. The van der Waals surface area contributed by atoms with Crippen LogP contribution in [0.3, 0.4) is 0 Å². The number of carbonyl (C=O) groups is 1. The van der Waals surface area contributed by atoms with E-state index in [4.69, 9.17) is 4.74 Å². The molecule has 1 aliphatic heterocycles. The van der Waals surface area contributed by atoms with Gasteiger partial charge in [0, 0.05) is 29.6 Å². The van der Waals surface area contributed by atoms with E-state index < -0.39 is 6.67 Å². The summed E-state index contributed by atoms with van der Waals surface area (Å²) in [4.78, 5) is 18.4. The third-order valence-electron chi connectivity index (χ3n) is 3.61. The zero-order valence-electron chi connectivity index (χ0n) is 12.3. The van der Waals surface area contributed by atoms with Gasteiger partial charge in [0.15, 0.2) is 0 Å². The molecule has 3 rings (SSSR count). The first-order chi connectivity index (χ1) is 10.7. The highest BCUT2D eigenvalue weighted by Crippen LogP contribution is 2.23. The molecule has 0 saturated carbocycles. The number of amides is 1. The van der Waals surface area contributed by atoms with Crippen LogP contribution in [0.15, 0.2) is 29.6 Å². The van der Waals surface area contributed by atoms with Gasteiger partial charge in [0.05, 0.1) is 23.4 Å². The van der Waals surface area contributed by atoms with Crippen LogP contribution in [-0.4, -0.2) is 48.3 Å². The molecule has 2 heterocycles. The molecule has 1 aromatic heterocycles. The number of alkyl halides is 1. The van der Waals surface area contributed by atoms with Crippen LogP contribution in [-0.2, 0) is 4.74 Å². The van der Waals surface area contributed by atoms with E-state index in [1.807, 2.05) is 36.6 Å². The number of thiazole rings is 1. The second-order valence-electron chi connectivity index (χ2n) is 5.22. The van der Waals surface area contributed by atoms with Crippen molar-refractivity contribution in [1.82, 2.24) is 9.88 Å². The van der Waals surface area contributed by atoms with Crippen molar-refractivity contribution in [2.24, 2.45) is 0 Å². The Morgan fingerprint density at radius 3 is 2.73 bits per heavy atom. The minimum absolute atomic E-state index is 0.0129. The Hall–Kier alpha value is -1.79. The Bertz CT molecular complexity index is 650. The second-order valence-corrected chi connectivity index (χ2v) is 6.28. The van der Waals surface area contributed by atoms with Crippen LogP contribution in [0.5, 0.6) is 0 Å². The van der Waals surface area contributed by atoms with Crippen molar-refractivity contribution in [3.63, 3.8) is 0 Å². The molecule has 1 fully saturated rings. The van der Waals surface area contributed by atoms with Crippen molar-refractivity contribution < 1.29 is 13.9 Å². The van der Waals surface area contributed by atoms with E-state index in [0.717, 1.165) is 16.3 Å². The number of aromatic nitrogens is 1. The highest BCUT2D eigenvalue weighted by Gasteiger charge is 2.31. The summed E-state index contributed by atoms with van der Waals surface area (Å²) in [7, 11) is 0. The van der Waals surface area contributed by atoms with Crippen molar-refractivity contribution in [1.29, 1.82) is 0 Å². The highest BCUT2D eigenvalue weighted by atomic mass is 32.1. The largest absolute Gasteiger partial charge is 0.372 e. The zero-order chi connectivity index (χ0) is 15.5. The summed E-state index contributed by atoms with van der Waals surface area (Å²) in [6.45, 7) is 2.66. The Morgan fingerprint density at radius 1 is 1.41 bits per heavy atom. The predicted octanol–water partition coefficient (Wildman–Crippen LogP) is 2.93. The molecule has 116 valence electrons. The van der Waals surface area contributed by atoms with E-state index in [0.29, 0.717) is 18.7 Å². The Balaban J connectivity index is 1.60. The summed E-state index contributed by atoms with van der Waals surface area (Å²) in [5, 5.41) is 3.03. The molecule has 1 aromatic carbocycles. The predicted molar refractivity (Wildman–Crippen MR) is 83.9 cm³/mol. The van der Waals surface area contributed by atoms with Crippen LogP contribution in [0.1, 0.15) is 15.4 Å². The van der Waals surface area contributed by atoms with Gasteiger partial charge >= 0.3 is 0 Å². The molecule has 1 saturated heterocycles. The Labute approximate surface area is 132 Å². The van der Waals surface area contributed by atoms with E-state index >= 15 is 0 Å². The summed E-state index contributed by atoms with van der Waals surface area (Å²) in [5.74, 6) is -0.0129. The van der Waals surface area contributed by atoms with Gasteiger partial charge in [0.2, 0.25) is 0 Å². The van der Waals surface area contributed by atoms with Crippen molar-refractivity contribution >= 4 is 17.2 Å². The number of likely N-dealkylation sites (tertiary alicyclic amines) is 1. The van der Waals surface area contributed by atoms with Gasteiger partial charge in [-0.15, -0.1) is 11.3 Å². The number of hydrogen-bond donors (Lipinski definition) is 0. The standard InChI is InChI=1S/C16H17FN2O2S/c1-11-18-15(10-22-11)12-2-4-13(5-3-12)16(20)19-8-14(9-19)21-7-6-17/h2-5,10,14H,6-9H2,1H3. The van der Waals surface area contributed by atoms with E-state index in [9.17, 15) is 9.18 Å². The summed E-state index contributed by atoms with van der Waals surface area (Å²) in [6, 6.07) is 7.47. The maximum atomic E-state index is 12.3. The molecule has 22 heavy (non-hydrogen) atoms. The fourth-order valence-corrected chi connectivity index (χ4v) is 3.00. The summed E-state index contributed by atoms with van der Waals surface area (Å²) in [6.07, 6.45) is -0.0306. The normalized spacial score (nSPS) is 14.9. The van der Waals surface area contributed by atoms with Gasteiger partial charge in [-0.2, -0.15) is 0 Å². The van der Waals surface area contributed by atoms with E-state index in [1.54, 1.807) is 16.2 Å². The first-order valence-corrected chi connectivity index (χ1v) is 8.05. The number of nitrogens with zero attached hydrogens (tertiary/aromatic N) is 2. The van der Waals surface area contributed by atoms with E-state index in [1.165, 1.54) is 0 Å². The third-order valence-corrected chi connectivity index (χ3v) is 4.39. The Kier molecular flexibility index (Phi) is 4.49. The van der Waals surface area contributed by atoms with Gasteiger partial charge in [-0.05, 0) is 19.1 Å². The topological polar surface area (TPSA) is 42.4 Å². The SMILES string of the molecule is Cc1nc(-c2ccc(C(=O)N3CC(OCCF)C3)cc2)cs1. The molecule has 0 radical (unpaired) electrons. The minimum atomic E-state index is -0.484. The molecule has 0 bridgehead atoms. The first kappa shape index (κ1) is 15.1. The fourth-order valence-electron chi connectivity index (χ4n) is 2.38.